The van der Waals surface area contributed by atoms with Gasteiger partial charge in [-0.05, 0) is 24.3 Å². The van der Waals surface area contributed by atoms with Crippen molar-refractivity contribution < 1.29 is 9.53 Å². The number of benzene rings is 1. The maximum atomic E-state index is 12.0. The summed E-state index contributed by atoms with van der Waals surface area (Å²) < 4.78 is 5.93. The Bertz CT molecular complexity index is 610. The molecule has 94 valence electrons. The van der Waals surface area contributed by atoms with Crippen molar-refractivity contribution in [3.8, 4) is 5.75 Å². The number of aromatic nitrogens is 2. The molecule has 0 unspecified atom stereocenters. The van der Waals surface area contributed by atoms with Gasteiger partial charge in [0.1, 0.15) is 5.75 Å². The van der Waals surface area contributed by atoms with Gasteiger partial charge in [0.2, 0.25) is 0 Å². The fourth-order valence-corrected chi connectivity index (χ4v) is 1.56. The highest BCUT2D eigenvalue weighted by Gasteiger charge is 2.12. The minimum absolute atomic E-state index is 0.179. The molecule has 1 aromatic heterocycles. The fraction of sp³-hybridized carbons (Fsp3) is 0.167. The number of nitrogens with two attached hydrogens (primary N) is 1. The van der Waals surface area contributed by atoms with E-state index in [2.05, 4.69) is 5.10 Å². The number of carbonyl (C=O) groups excluding carboxylic acids is 1. The maximum absolute atomic E-state index is 12.0. The normalized spacial score (nSPS) is 10.3. The van der Waals surface area contributed by atoms with E-state index in [0.717, 1.165) is 4.68 Å². The first-order chi connectivity index (χ1) is 8.65. The summed E-state index contributed by atoms with van der Waals surface area (Å²) >= 11 is 0. The van der Waals surface area contributed by atoms with Crippen LogP contribution in [0.25, 0.3) is 0 Å². The van der Waals surface area contributed by atoms with Crippen molar-refractivity contribution in [2.75, 3.05) is 7.11 Å². The number of nitrogens with one attached hydrogen (secondary N) is 1. The number of ether oxygens (including phenoxy) is 1. The first kappa shape index (κ1) is 12.1. The third kappa shape index (κ3) is 2.18. The van der Waals surface area contributed by atoms with E-state index < -0.39 is 11.5 Å². The minimum Gasteiger partial charge on any atom is -0.497 e. The standard InChI is InChI=1S/C12H13N3O3/c1-18-10-4-2-8(3-5-10)12(17)15-11(16)6-9(7-13)14-15/h2-6,14H,7,13H2,1H3. The molecular weight excluding hydrogens is 234 g/mol. The van der Waals surface area contributed by atoms with Gasteiger partial charge in [0.25, 0.3) is 11.5 Å². The van der Waals surface area contributed by atoms with E-state index in [4.69, 9.17) is 10.5 Å². The third-order valence-corrected chi connectivity index (χ3v) is 2.53. The molecule has 0 amide bonds. The molecule has 0 radical (unpaired) electrons. The predicted molar refractivity (Wildman–Crippen MR) is 65.7 cm³/mol. The number of H-pyrrole nitrogens is 1. The largest absolute Gasteiger partial charge is 0.497 e. The van der Waals surface area contributed by atoms with Crippen LogP contribution < -0.4 is 16.0 Å². The number of methoxy groups -OCH3 is 1. The summed E-state index contributed by atoms with van der Waals surface area (Å²) in [5, 5.41) is 2.66. The molecule has 0 fully saturated rings. The summed E-state index contributed by atoms with van der Waals surface area (Å²) in [5.41, 5.74) is 5.88. The Hall–Kier alpha value is -2.34. The van der Waals surface area contributed by atoms with Crippen LogP contribution in [0.1, 0.15) is 16.1 Å². The molecule has 6 heteroatoms. The Labute approximate surface area is 103 Å². The monoisotopic (exact) mass is 247 g/mol. The molecule has 0 aliphatic rings. The van der Waals surface area contributed by atoms with Crippen molar-refractivity contribution >= 4 is 5.91 Å². The lowest BCUT2D eigenvalue weighted by atomic mass is 10.2. The van der Waals surface area contributed by atoms with E-state index in [0.29, 0.717) is 17.0 Å². The van der Waals surface area contributed by atoms with Crippen molar-refractivity contribution in [3.63, 3.8) is 0 Å². The van der Waals surface area contributed by atoms with Crippen LogP contribution in [0.2, 0.25) is 0 Å². The average Bonchev–Trinajstić information content (AvgIpc) is 2.79. The predicted octanol–water partition coefficient (Wildman–Crippen LogP) is 0.332. The van der Waals surface area contributed by atoms with Crippen LogP contribution in [0.4, 0.5) is 0 Å². The second-order valence-corrected chi connectivity index (χ2v) is 3.69. The molecule has 2 rings (SSSR count). The van der Waals surface area contributed by atoms with Gasteiger partial charge in [-0.1, -0.05) is 0 Å². The van der Waals surface area contributed by atoms with E-state index in [9.17, 15) is 9.59 Å². The van der Waals surface area contributed by atoms with E-state index in [1.165, 1.54) is 6.07 Å². The highest BCUT2D eigenvalue weighted by molar-refractivity contribution is 5.95. The first-order valence-electron chi connectivity index (χ1n) is 5.35. The Morgan fingerprint density at radius 1 is 1.39 bits per heavy atom. The Morgan fingerprint density at radius 3 is 2.56 bits per heavy atom. The summed E-state index contributed by atoms with van der Waals surface area (Å²) in [6.07, 6.45) is 0. The van der Waals surface area contributed by atoms with Crippen molar-refractivity contribution in [3.05, 3.63) is 51.9 Å². The Morgan fingerprint density at radius 2 is 2.06 bits per heavy atom. The van der Waals surface area contributed by atoms with Gasteiger partial charge in [-0.25, -0.2) is 0 Å². The van der Waals surface area contributed by atoms with Crippen LogP contribution in [0, 0.1) is 0 Å². The molecule has 2 aromatic rings. The van der Waals surface area contributed by atoms with E-state index >= 15 is 0 Å². The fourth-order valence-electron chi connectivity index (χ4n) is 1.56. The molecule has 0 bridgehead atoms. The lowest BCUT2D eigenvalue weighted by Crippen LogP contribution is -2.24. The van der Waals surface area contributed by atoms with Gasteiger partial charge in [0.15, 0.2) is 0 Å². The summed E-state index contributed by atoms with van der Waals surface area (Å²) in [5.74, 6) is 0.218. The third-order valence-electron chi connectivity index (χ3n) is 2.53. The number of aromatic amines is 1. The van der Waals surface area contributed by atoms with Gasteiger partial charge in [-0.2, -0.15) is 4.68 Å². The quantitative estimate of drug-likeness (QED) is 0.818. The van der Waals surface area contributed by atoms with Gasteiger partial charge in [-0.3, -0.25) is 14.7 Å². The molecule has 0 spiro atoms. The summed E-state index contributed by atoms with van der Waals surface area (Å²) in [7, 11) is 1.54. The van der Waals surface area contributed by atoms with Crippen molar-refractivity contribution in [2.24, 2.45) is 5.73 Å². The summed E-state index contributed by atoms with van der Waals surface area (Å²) in [6.45, 7) is 0.179. The molecule has 6 nitrogen and oxygen atoms in total. The number of nitrogens with zero attached hydrogens (tertiary/aromatic N) is 1. The van der Waals surface area contributed by atoms with E-state index in [-0.39, 0.29) is 6.54 Å². The van der Waals surface area contributed by atoms with Gasteiger partial charge >= 0.3 is 0 Å². The van der Waals surface area contributed by atoms with Gasteiger partial charge in [0.05, 0.1) is 12.8 Å². The average molecular weight is 247 g/mol. The molecular formula is C12H13N3O3. The molecule has 1 heterocycles. The summed E-state index contributed by atoms with van der Waals surface area (Å²) in [4.78, 5) is 23.6. The topological polar surface area (TPSA) is 90.1 Å². The van der Waals surface area contributed by atoms with E-state index in [1.807, 2.05) is 0 Å². The number of carbonyl (C=O) groups is 1. The molecule has 0 aliphatic heterocycles. The smallest absolute Gasteiger partial charge is 0.279 e. The highest BCUT2D eigenvalue weighted by Crippen LogP contribution is 2.11. The first-order valence-corrected chi connectivity index (χ1v) is 5.35. The van der Waals surface area contributed by atoms with Gasteiger partial charge in [0, 0.05) is 18.2 Å². The van der Waals surface area contributed by atoms with Gasteiger partial charge < -0.3 is 10.5 Å². The van der Waals surface area contributed by atoms with Crippen molar-refractivity contribution in [2.45, 2.75) is 6.54 Å². The van der Waals surface area contributed by atoms with Crippen molar-refractivity contribution in [1.29, 1.82) is 0 Å². The minimum atomic E-state index is -0.428. The molecule has 0 saturated heterocycles. The maximum Gasteiger partial charge on any atom is 0.279 e. The lowest BCUT2D eigenvalue weighted by molar-refractivity contribution is 0.0941. The molecule has 0 atom stereocenters. The SMILES string of the molecule is COc1ccc(C(=O)n2[nH]c(CN)cc2=O)cc1. The molecule has 3 N–H and O–H groups in total. The zero-order valence-electron chi connectivity index (χ0n) is 9.84. The molecule has 1 aromatic carbocycles. The molecule has 0 saturated carbocycles. The second-order valence-electron chi connectivity index (χ2n) is 3.69. The van der Waals surface area contributed by atoms with Crippen molar-refractivity contribution in [1.82, 2.24) is 9.78 Å². The summed E-state index contributed by atoms with van der Waals surface area (Å²) in [6, 6.07) is 7.81. The van der Waals surface area contributed by atoms with E-state index in [1.54, 1.807) is 31.4 Å². The van der Waals surface area contributed by atoms with Crippen LogP contribution >= 0.6 is 0 Å². The lowest BCUT2D eigenvalue weighted by Gasteiger charge is -2.03. The second kappa shape index (κ2) is 4.89. The van der Waals surface area contributed by atoms with Crippen LogP contribution in [0.15, 0.2) is 35.1 Å². The number of hydrogen-bond acceptors (Lipinski definition) is 4. The molecule has 18 heavy (non-hydrogen) atoms. The highest BCUT2D eigenvalue weighted by atomic mass is 16.5. The number of hydrogen-bond donors (Lipinski definition) is 2. The zero-order chi connectivity index (χ0) is 13.1. The zero-order valence-corrected chi connectivity index (χ0v) is 9.84. The van der Waals surface area contributed by atoms with Gasteiger partial charge in [-0.15, -0.1) is 0 Å². The number of rotatable bonds is 3. The molecule has 0 aliphatic carbocycles. The van der Waals surface area contributed by atoms with Crippen LogP contribution in [0.5, 0.6) is 5.75 Å². The Kier molecular flexibility index (Phi) is 3.29. The van der Waals surface area contributed by atoms with Crippen LogP contribution in [-0.2, 0) is 6.54 Å². The van der Waals surface area contributed by atoms with Crippen LogP contribution in [0.3, 0.4) is 0 Å². The van der Waals surface area contributed by atoms with Crippen LogP contribution in [-0.4, -0.2) is 22.8 Å². The Balaban J connectivity index is 2.34.